The summed E-state index contributed by atoms with van der Waals surface area (Å²) in [4.78, 5) is 17.3. The minimum Gasteiger partial charge on any atom is -0.497 e. The van der Waals surface area contributed by atoms with Crippen LogP contribution in [0.2, 0.25) is 0 Å². The number of nitrogens with one attached hydrogen (secondary N) is 1. The van der Waals surface area contributed by atoms with Crippen molar-refractivity contribution in [1.82, 2.24) is 9.55 Å². The van der Waals surface area contributed by atoms with E-state index in [0.29, 0.717) is 0 Å². The van der Waals surface area contributed by atoms with Gasteiger partial charge >= 0.3 is 0 Å². The van der Waals surface area contributed by atoms with Crippen LogP contribution in [0.4, 0.5) is 5.69 Å². The van der Waals surface area contributed by atoms with Crippen molar-refractivity contribution < 1.29 is 9.53 Å². The van der Waals surface area contributed by atoms with Gasteiger partial charge in [-0.15, -0.1) is 0 Å². The highest BCUT2D eigenvalue weighted by Crippen LogP contribution is 2.28. The number of hydrogen-bond acceptors (Lipinski definition) is 4. The lowest BCUT2D eigenvalue weighted by molar-refractivity contribution is -0.113. The van der Waals surface area contributed by atoms with Crippen LogP contribution in [0.1, 0.15) is 5.56 Å². The number of aryl methyl sites for hydroxylation is 1. The van der Waals surface area contributed by atoms with E-state index in [-0.39, 0.29) is 11.7 Å². The molecule has 4 aromatic rings. The lowest BCUT2D eigenvalue weighted by Crippen LogP contribution is -2.14. The molecule has 0 radical (unpaired) electrons. The smallest absolute Gasteiger partial charge is 0.234 e. The quantitative estimate of drug-likeness (QED) is 0.389. The maximum atomic E-state index is 12.5. The van der Waals surface area contributed by atoms with Crippen LogP contribution in [0.15, 0.2) is 90.2 Å². The zero-order chi connectivity index (χ0) is 21.6. The highest BCUT2D eigenvalue weighted by molar-refractivity contribution is 7.99. The molecule has 1 N–H and O–H groups in total. The molecule has 4 rings (SSSR count). The van der Waals surface area contributed by atoms with Gasteiger partial charge in [0.15, 0.2) is 5.16 Å². The number of imidazole rings is 1. The normalized spacial score (nSPS) is 10.6. The molecular formula is C25H23N3O2S. The van der Waals surface area contributed by atoms with Crippen LogP contribution >= 0.6 is 11.8 Å². The summed E-state index contributed by atoms with van der Waals surface area (Å²) < 4.78 is 7.28. The maximum absolute atomic E-state index is 12.5. The lowest BCUT2D eigenvalue weighted by Gasteiger charge is -2.09. The monoisotopic (exact) mass is 429 g/mol. The van der Waals surface area contributed by atoms with Crippen molar-refractivity contribution >= 4 is 23.4 Å². The van der Waals surface area contributed by atoms with Crippen molar-refractivity contribution in [3.63, 3.8) is 0 Å². The number of aromatic nitrogens is 2. The van der Waals surface area contributed by atoms with Gasteiger partial charge in [0.25, 0.3) is 0 Å². The molecule has 0 aliphatic heterocycles. The van der Waals surface area contributed by atoms with E-state index >= 15 is 0 Å². The number of amides is 1. The SMILES string of the molecule is COc1ccc(-n2cc(-c3ccccc3)nc2SCC(=O)Nc2ccc(C)cc2)cc1. The molecule has 1 amide bonds. The van der Waals surface area contributed by atoms with Gasteiger partial charge in [-0.2, -0.15) is 0 Å². The van der Waals surface area contributed by atoms with Gasteiger partial charge in [-0.25, -0.2) is 4.98 Å². The van der Waals surface area contributed by atoms with Gasteiger partial charge in [-0.05, 0) is 43.3 Å². The van der Waals surface area contributed by atoms with Crippen molar-refractivity contribution in [2.24, 2.45) is 0 Å². The van der Waals surface area contributed by atoms with Gasteiger partial charge in [0.2, 0.25) is 5.91 Å². The third-order valence-electron chi connectivity index (χ3n) is 4.76. The van der Waals surface area contributed by atoms with E-state index in [4.69, 9.17) is 9.72 Å². The van der Waals surface area contributed by atoms with Crippen LogP contribution in [0.5, 0.6) is 5.75 Å². The molecule has 3 aromatic carbocycles. The van der Waals surface area contributed by atoms with Crippen LogP contribution < -0.4 is 10.1 Å². The topological polar surface area (TPSA) is 56.2 Å². The minimum atomic E-state index is -0.0700. The average molecular weight is 430 g/mol. The second-order valence-electron chi connectivity index (χ2n) is 7.05. The van der Waals surface area contributed by atoms with Crippen LogP contribution in [0, 0.1) is 6.92 Å². The molecule has 5 nitrogen and oxygen atoms in total. The highest BCUT2D eigenvalue weighted by atomic mass is 32.2. The van der Waals surface area contributed by atoms with E-state index in [1.54, 1.807) is 7.11 Å². The summed E-state index contributed by atoms with van der Waals surface area (Å²) >= 11 is 1.41. The number of nitrogens with zero attached hydrogens (tertiary/aromatic N) is 2. The van der Waals surface area contributed by atoms with E-state index in [1.165, 1.54) is 11.8 Å². The van der Waals surface area contributed by atoms with Gasteiger partial charge < -0.3 is 10.1 Å². The predicted octanol–water partition coefficient (Wildman–Crippen LogP) is 5.59. The van der Waals surface area contributed by atoms with E-state index in [9.17, 15) is 4.79 Å². The van der Waals surface area contributed by atoms with Gasteiger partial charge in [0.05, 0.1) is 18.6 Å². The average Bonchev–Trinajstić information content (AvgIpc) is 3.24. The fraction of sp³-hybridized carbons (Fsp3) is 0.120. The van der Waals surface area contributed by atoms with Crippen molar-refractivity contribution in [3.05, 3.63) is 90.6 Å². The molecule has 156 valence electrons. The fourth-order valence-corrected chi connectivity index (χ4v) is 3.90. The Morgan fingerprint density at radius 2 is 1.71 bits per heavy atom. The molecule has 1 heterocycles. The van der Waals surface area contributed by atoms with Crippen molar-refractivity contribution in [3.8, 4) is 22.7 Å². The summed E-state index contributed by atoms with van der Waals surface area (Å²) in [7, 11) is 1.65. The molecule has 0 fully saturated rings. The number of benzene rings is 3. The largest absolute Gasteiger partial charge is 0.497 e. The number of hydrogen-bond donors (Lipinski definition) is 1. The number of methoxy groups -OCH3 is 1. The Morgan fingerprint density at radius 3 is 2.39 bits per heavy atom. The first-order valence-electron chi connectivity index (χ1n) is 9.91. The lowest BCUT2D eigenvalue weighted by atomic mass is 10.2. The van der Waals surface area contributed by atoms with E-state index in [2.05, 4.69) is 5.32 Å². The first-order chi connectivity index (χ1) is 15.1. The van der Waals surface area contributed by atoms with Gasteiger partial charge in [0, 0.05) is 23.1 Å². The highest BCUT2D eigenvalue weighted by Gasteiger charge is 2.14. The fourth-order valence-electron chi connectivity index (χ4n) is 3.10. The Balaban J connectivity index is 1.56. The summed E-state index contributed by atoms with van der Waals surface area (Å²) in [6.07, 6.45) is 2.00. The van der Waals surface area contributed by atoms with Gasteiger partial charge in [0.1, 0.15) is 5.75 Å². The molecular weight excluding hydrogens is 406 g/mol. The molecule has 1 aromatic heterocycles. The summed E-state index contributed by atoms with van der Waals surface area (Å²) in [5.74, 6) is 0.980. The number of carbonyl (C=O) groups is 1. The van der Waals surface area contributed by atoms with Crippen molar-refractivity contribution in [2.75, 3.05) is 18.2 Å². The van der Waals surface area contributed by atoms with Crippen LogP contribution in [0.3, 0.4) is 0 Å². The van der Waals surface area contributed by atoms with Crippen molar-refractivity contribution in [1.29, 1.82) is 0 Å². The zero-order valence-corrected chi connectivity index (χ0v) is 18.2. The number of ether oxygens (including phenoxy) is 1. The molecule has 0 aliphatic carbocycles. The second kappa shape index (κ2) is 9.53. The third kappa shape index (κ3) is 5.16. The van der Waals surface area contributed by atoms with E-state index < -0.39 is 0 Å². The summed E-state index contributed by atoms with van der Waals surface area (Å²) in [6.45, 7) is 2.02. The standard InChI is InChI=1S/C25H23N3O2S/c1-18-8-10-20(11-9-18)26-24(29)17-31-25-27-23(19-6-4-3-5-7-19)16-28(25)21-12-14-22(30-2)15-13-21/h3-16H,17H2,1-2H3,(H,26,29). The molecule has 0 spiro atoms. The van der Waals surface area contributed by atoms with E-state index in [0.717, 1.165) is 39.1 Å². The molecule has 0 saturated heterocycles. The first-order valence-corrected chi connectivity index (χ1v) is 10.9. The molecule has 6 heteroatoms. The van der Waals surface area contributed by atoms with Crippen LogP contribution in [-0.4, -0.2) is 28.3 Å². The van der Waals surface area contributed by atoms with Crippen molar-refractivity contribution in [2.45, 2.75) is 12.1 Å². The summed E-state index contributed by atoms with van der Waals surface area (Å²) in [5, 5.41) is 3.69. The Hall–Kier alpha value is -3.51. The van der Waals surface area contributed by atoms with Crippen LogP contribution in [0.25, 0.3) is 16.9 Å². The summed E-state index contributed by atoms with van der Waals surface area (Å²) in [5.41, 5.74) is 4.79. The summed E-state index contributed by atoms with van der Waals surface area (Å²) in [6, 6.07) is 25.6. The molecule has 0 aliphatic rings. The Kier molecular flexibility index (Phi) is 6.38. The molecule has 0 bridgehead atoms. The Morgan fingerprint density at radius 1 is 1.00 bits per heavy atom. The molecule has 0 saturated carbocycles. The third-order valence-corrected chi connectivity index (χ3v) is 5.71. The predicted molar refractivity (Wildman–Crippen MR) is 126 cm³/mol. The molecule has 31 heavy (non-hydrogen) atoms. The molecule has 0 unspecified atom stereocenters. The zero-order valence-electron chi connectivity index (χ0n) is 17.4. The van der Waals surface area contributed by atoms with Gasteiger partial charge in [-0.1, -0.05) is 59.8 Å². The number of anilines is 1. The first kappa shape index (κ1) is 20.8. The van der Waals surface area contributed by atoms with Gasteiger partial charge in [-0.3, -0.25) is 9.36 Å². The minimum absolute atomic E-state index is 0.0700. The van der Waals surface area contributed by atoms with Crippen LogP contribution in [-0.2, 0) is 4.79 Å². The number of thioether (sulfide) groups is 1. The molecule has 0 atom stereocenters. The number of carbonyl (C=O) groups excluding carboxylic acids is 1. The van der Waals surface area contributed by atoms with E-state index in [1.807, 2.05) is 96.6 Å². The number of rotatable bonds is 7. The Labute approximate surface area is 186 Å². The second-order valence-corrected chi connectivity index (χ2v) is 7.99. The Bertz CT molecular complexity index is 1150. The maximum Gasteiger partial charge on any atom is 0.234 e.